The van der Waals surface area contributed by atoms with Gasteiger partial charge in [-0.25, -0.2) is 0 Å². The van der Waals surface area contributed by atoms with Crippen molar-refractivity contribution in [3.05, 3.63) is 29.8 Å². The van der Waals surface area contributed by atoms with Gasteiger partial charge in [-0.05, 0) is 19.1 Å². The maximum Gasteiger partial charge on any atom is 0.297 e. The second-order valence-electron chi connectivity index (χ2n) is 5.69. The summed E-state index contributed by atoms with van der Waals surface area (Å²) < 4.78 is 52.0. The van der Waals surface area contributed by atoms with E-state index in [4.69, 9.17) is 23.1 Å². The number of ether oxygens (including phenoxy) is 4. The van der Waals surface area contributed by atoms with Crippen LogP contribution in [0.4, 0.5) is 0 Å². The summed E-state index contributed by atoms with van der Waals surface area (Å²) in [5.74, 6) is 0. The van der Waals surface area contributed by atoms with Crippen LogP contribution in [-0.2, 0) is 33.2 Å². The minimum Gasteiger partial charge on any atom is -0.394 e. The first kappa shape index (κ1) is 20.2. The highest BCUT2D eigenvalue weighted by atomic mass is 32.2. The summed E-state index contributed by atoms with van der Waals surface area (Å²) in [7, 11) is 0.161. The number of aliphatic hydroxyl groups excluding tert-OH is 1. The Bertz CT molecular complexity index is 645. The highest BCUT2D eigenvalue weighted by Gasteiger charge is 2.49. The quantitative estimate of drug-likeness (QED) is 0.685. The number of methoxy groups -OCH3 is 3. The van der Waals surface area contributed by atoms with Gasteiger partial charge in [0.1, 0.15) is 24.4 Å². The number of rotatable bonds is 7. The number of hydrogen-bond donors (Lipinski definition) is 1. The fourth-order valence-electron chi connectivity index (χ4n) is 2.75. The molecule has 0 bridgehead atoms. The smallest absolute Gasteiger partial charge is 0.297 e. The Labute approximate surface area is 147 Å². The zero-order valence-electron chi connectivity index (χ0n) is 14.6. The van der Waals surface area contributed by atoms with E-state index in [1.165, 1.54) is 33.5 Å². The molecule has 1 N–H and O–H groups in total. The summed E-state index contributed by atoms with van der Waals surface area (Å²) in [6.07, 6.45) is -4.43. The highest BCUT2D eigenvalue weighted by Crippen LogP contribution is 2.30. The van der Waals surface area contributed by atoms with Crippen molar-refractivity contribution in [1.82, 2.24) is 0 Å². The standard InChI is InChI=1S/C16H24O8S/c1-10-5-7-11(8-6-10)25(18,19)24-13-12(9-17)23-16(22-4)15(21-3)14(13)20-2/h5-8,12-17H,9H2,1-4H3/t12-,13-,14+,15-,16+/m1/s1. The van der Waals surface area contributed by atoms with Crippen LogP contribution in [0.15, 0.2) is 29.2 Å². The van der Waals surface area contributed by atoms with Crippen LogP contribution in [0, 0.1) is 6.92 Å². The van der Waals surface area contributed by atoms with Crippen LogP contribution < -0.4 is 0 Å². The normalized spacial score (nSPS) is 30.4. The van der Waals surface area contributed by atoms with Gasteiger partial charge in [0, 0.05) is 21.3 Å². The maximum atomic E-state index is 12.6. The Balaban J connectivity index is 2.31. The Morgan fingerprint density at radius 3 is 2.08 bits per heavy atom. The molecule has 0 aliphatic carbocycles. The fraction of sp³-hybridized carbons (Fsp3) is 0.625. The molecule has 1 aromatic rings. The zero-order chi connectivity index (χ0) is 18.6. The molecule has 25 heavy (non-hydrogen) atoms. The van der Waals surface area contributed by atoms with Crippen LogP contribution in [0.25, 0.3) is 0 Å². The van der Waals surface area contributed by atoms with Crippen molar-refractivity contribution in [2.45, 2.75) is 42.5 Å². The molecule has 0 unspecified atom stereocenters. The molecule has 1 fully saturated rings. The molecule has 2 rings (SSSR count). The number of benzene rings is 1. The first-order valence-corrected chi connectivity index (χ1v) is 9.13. The first-order chi connectivity index (χ1) is 11.9. The van der Waals surface area contributed by atoms with Gasteiger partial charge in [0.05, 0.1) is 11.5 Å². The molecule has 5 atom stereocenters. The minimum atomic E-state index is -4.09. The van der Waals surface area contributed by atoms with Gasteiger partial charge in [-0.1, -0.05) is 17.7 Å². The van der Waals surface area contributed by atoms with E-state index in [9.17, 15) is 13.5 Å². The topological polar surface area (TPSA) is 101 Å². The van der Waals surface area contributed by atoms with Crippen molar-refractivity contribution < 1.29 is 36.7 Å². The second kappa shape index (κ2) is 8.54. The van der Waals surface area contributed by atoms with Crippen LogP contribution >= 0.6 is 0 Å². The lowest BCUT2D eigenvalue weighted by atomic mass is 9.99. The molecule has 0 aromatic heterocycles. The Kier molecular flexibility index (Phi) is 6.92. The molecule has 1 aromatic carbocycles. The SMILES string of the molecule is CO[C@H]1O[C@H](CO)[C@@H](OS(=O)(=O)c2ccc(C)cc2)[C@H](OC)[C@H]1OC. The summed E-state index contributed by atoms with van der Waals surface area (Å²) >= 11 is 0. The molecule has 142 valence electrons. The fourth-order valence-corrected chi connectivity index (χ4v) is 3.86. The van der Waals surface area contributed by atoms with Crippen molar-refractivity contribution in [2.24, 2.45) is 0 Å². The molecule has 0 spiro atoms. The molecule has 8 nitrogen and oxygen atoms in total. The third-order valence-electron chi connectivity index (χ3n) is 4.10. The average Bonchev–Trinajstić information content (AvgIpc) is 2.60. The van der Waals surface area contributed by atoms with Gasteiger partial charge in [-0.2, -0.15) is 8.42 Å². The van der Waals surface area contributed by atoms with E-state index in [0.717, 1.165) is 5.56 Å². The highest BCUT2D eigenvalue weighted by molar-refractivity contribution is 7.86. The first-order valence-electron chi connectivity index (χ1n) is 7.72. The third-order valence-corrected chi connectivity index (χ3v) is 5.42. The summed E-state index contributed by atoms with van der Waals surface area (Å²) in [6.45, 7) is 1.38. The van der Waals surface area contributed by atoms with Crippen LogP contribution in [-0.4, -0.2) is 72.2 Å². The number of hydrogen-bond acceptors (Lipinski definition) is 8. The van der Waals surface area contributed by atoms with Gasteiger partial charge in [-0.15, -0.1) is 0 Å². The lowest BCUT2D eigenvalue weighted by Crippen LogP contribution is -2.61. The zero-order valence-corrected chi connectivity index (χ0v) is 15.4. The largest absolute Gasteiger partial charge is 0.394 e. The lowest BCUT2D eigenvalue weighted by molar-refractivity contribution is -0.298. The van der Waals surface area contributed by atoms with Gasteiger partial charge in [0.2, 0.25) is 0 Å². The van der Waals surface area contributed by atoms with E-state index in [1.54, 1.807) is 12.1 Å². The van der Waals surface area contributed by atoms with Crippen LogP contribution in [0.1, 0.15) is 5.56 Å². The monoisotopic (exact) mass is 376 g/mol. The van der Waals surface area contributed by atoms with Gasteiger partial charge >= 0.3 is 0 Å². The predicted octanol–water partition coefficient (Wildman–Crippen LogP) is 0.463. The minimum absolute atomic E-state index is 0.00692. The summed E-state index contributed by atoms with van der Waals surface area (Å²) in [4.78, 5) is 0.00692. The summed E-state index contributed by atoms with van der Waals surface area (Å²) in [5, 5.41) is 9.60. The van der Waals surface area contributed by atoms with Crippen molar-refractivity contribution in [3.63, 3.8) is 0 Å². The van der Waals surface area contributed by atoms with E-state index in [0.29, 0.717) is 0 Å². The third kappa shape index (κ3) is 4.37. The molecule has 0 saturated carbocycles. The van der Waals surface area contributed by atoms with Crippen LogP contribution in [0.3, 0.4) is 0 Å². The van der Waals surface area contributed by atoms with E-state index in [-0.39, 0.29) is 4.90 Å². The Morgan fingerprint density at radius 1 is 1.00 bits per heavy atom. The number of aryl methyl sites for hydroxylation is 1. The van der Waals surface area contributed by atoms with Crippen molar-refractivity contribution in [1.29, 1.82) is 0 Å². The van der Waals surface area contributed by atoms with E-state index >= 15 is 0 Å². The van der Waals surface area contributed by atoms with Crippen LogP contribution in [0.5, 0.6) is 0 Å². The summed E-state index contributed by atoms with van der Waals surface area (Å²) in [6, 6.07) is 6.25. The molecule has 0 amide bonds. The van der Waals surface area contributed by atoms with Gasteiger partial charge < -0.3 is 24.1 Å². The van der Waals surface area contributed by atoms with Gasteiger partial charge in [0.25, 0.3) is 10.1 Å². The molecule has 9 heteroatoms. The molecule has 1 saturated heterocycles. The number of aliphatic hydroxyl groups is 1. The Hall–Kier alpha value is -1.07. The van der Waals surface area contributed by atoms with Crippen molar-refractivity contribution >= 4 is 10.1 Å². The average molecular weight is 376 g/mol. The van der Waals surface area contributed by atoms with E-state index < -0.39 is 47.4 Å². The van der Waals surface area contributed by atoms with Crippen molar-refractivity contribution in [2.75, 3.05) is 27.9 Å². The molecular formula is C16H24O8S. The molecule has 0 radical (unpaired) electrons. The van der Waals surface area contributed by atoms with Crippen LogP contribution in [0.2, 0.25) is 0 Å². The molecule has 1 aliphatic rings. The Morgan fingerprint density at radius 2 is 1.60 bits per heavy atom. The predicted molar refractivity (Wildman–Crippen MR) is 87.6 cm³/mol. The molecule has 1 aliphatic heterocycles. The van der Waals surface area contributed by atoms with Crippen molar-refractivity contribution in [3.8, 4) is 0 Å². The van der Waals surface area contributed by atoms with E-state index in [1.807, 2.05) is 6.92 Å². The maximum absolute atomic E-state index is 12.6. The van der Waals surface area contributed by atoms with E-state index in [2.05, 4.69) is 0 Å². The molecule has 1 heterocycles. The van der Waals surface area contributed by atoms with Gasteiger partial charge in [-0.3, -0.25) is 4.18 Å². The molecular weight excluding hydrogens is 352 g/mol. The van der Waals surface area contributed by atoms with Gasteiger partial charge in [0.15, 0.2) is 6.29 Å². The summed E-state index contributed by atoms with van der Waals surface area (Å²) in [5.41, 5.74) is 0.922. The lowest BCUT2D eigenvalue weighted by Gasteiger charge is -2.43. The second-order valence-corrected chi connectivity index (χ2v) is 7.26.